The number of rotatable bonds is 5. The SMILES string of the molecule is CN=C(NCCc1ccccc1F)NCc1nc(C)c(C)s1.I. The minimum Gasteiger partial charge on any atom is -0.356 e. The fourth-order valence-electron chi connectivity index (χ4n) is 2.01. The van der Waals surface area contributed by atoms with Crippen molar-refractivity contribution in [3.63, 3.8) is 0 Å². The molecule has 23 heavy (non-hydrogen) atoms. The molecule has 2 aromatic rings. The number of thiazole rings is 1. The minimum absolute atomic E-state index is 0. The molecule has 7 heteroatoms. The Labute approximate surface area is 157 Å². The molecule has 0 spiro atoms. The third-order valence-electron chi connectivity index (χ3n) is 3.35. The smallest absolute Gasteiger partial charge is 0.191 e. The quantitative estimate of drug-likeness (QED) is 0.419. The Morgan fingerprint density at radius 3 is 2.61 bits per heavy atom. The number of nitrogens with one attached hydrogen (secondary N) is 2. The third kappa shape index (κ3) is 6.06. The number of guanidine groups is 1. The van der Waals surface area contributed by atoms with Crippen LogP contribution in [0.5, 0.6) is 0 Å². The molecule has 2 N–H and O–H groups in total. The normalized spacial score (nSPS) is 11.0. The Morgan fingerprint density at radius 1 is 1.26 bits per heavy atom. The van der Waals surface area contributed by atoms with Crippen molar-refractivity contribution in [2.75, 3.05) is 13.6 Å². The number of hydrogen-bond acceptors (Lipinski definition) is 3. The van der Waals surface area contributed by atoms with E-state index in [0.29, 0.717) is 31.0 Å². The van der Waals surface area contributed by atoms with E-state index in [2.05, 4.69) is 27.5 Å². The van der Waals surface area contributed by atoms with E-state index < -0.39 is 0 Å². The fourth-order valence-corrected chi connectivity index (χ4v) is 2.89. The molecule has 1 aromatic heterocycles. The number of benzene rings is 1. The van der Waals surface area contributed by atoms with Gasteiger partial charge in [-0.15, -0.1) is 35.3 Å². The topological polar surface area (TPSA) is 49.3 Å². The van der Waals surface area contributed by atoms with Crippen molar-refractivity contribution in [1.29, 1.82) is 0 Å². The molecular formula is C16H22FIN4S. The van der Waals surface area contributed by atoms with Gasteiger partial charge in [0.05, 0.1) is 12.2 Å². The first kappa shape index (κ1) is 19.8. The highest BCUT2D eigenvalue weighted by molar-refractivity contribution is 14.0. The molecule has 0 saturated heterocycles. The van der Waals surface area contributed by atoms with E-state index in [-0.39, 0.29) is 29.8 Å². The highest BCUT2D eigenvalue weighted by Gasteiger charge is 2.05. The number of aryl methyl sites for hydroxylation is 2. The Hall–Kier alpha value is -1.22. The van der Waals surface area contributed by atoms with Crippen LogP contribution >= 0.6 is 35.3 Å². The summed E-state index contributed by atoms with van der Waals surface area (Å²) in [7, 11) is 1.72. The maximum Gasteiger partial charge on any atom is 0.191 e. The number of hydrogen-bond donors (Lipinski definition) is 2. The van der Waals surface area contributed by atoms with Gasteiger partial charge in [0.2, 0.25) is 0 Å². The van der Waals surface area contributed by atoms with Gasteiger partial charge in [-0.1, -0.05) is 18.2 Å². The van der Waals surface area contributed by atoms with E-state index >= 15 is 0 Å². The second kappa shape index (κ2) is 9.82. The summed E-state index contributed by atoms with van der Waals surface area (Å²) in [5.74, 6) is 0.530. The van der Waals surface area contributed by atoms with Crippen LogP contribution in [0.4, 0.5) is 4.39 Å². The summed E-state index contributed by atoms with van der Waals surface area (Å²) in [6.07, 6.45) is 0.614. The molecule has 126 valence electrons. The molecule has 4 nitrogen and oxygen atoms in total. The lowest BCUT2D eigenvalue weighted by Crippen LogP contribution is -2.37. The predicted molar refractivity (Wildman–Crippen MR) is 105 cm³/mol. The van der Waals surface area contributed by atoms with Crippen molar-refractivity contribution in [2.45, 2.75) is 26.8 Å². The van der Waals surface area contributed by atoms with Crippen molar-refractivity contribution in [1.82, 2.24) is 15.6 Å². The van der Waals surface area contributed by atoms with Crippen LogP contribution in [0.3, 0.4) is 0 Å². The molecule has 0 radical (unpaired) electrons. The summed E-state index contributed by atoms with van der Waals surface area (Å²) < 4.78 is 13.5. The summed E-state index contributed by atoms with van der Waals surface area (Å²) in [4.78, 5) is 9.88. The average Bonchev–Trinajstić information content (AvgIpc) is 2.83. The van der Waals surface area contributed by atoms with Crippen LogP contribution in [0.25, 0.3) is 0 Å². The highest BCUT2D eigenvalue weighted by Crippen LogP contribution is 2.15. The van der Waals surface area contributed by atoms with Crippen molar-refractivity contribution < 1.29 is 4.39 Å². The first-order chi connectivity index (χ1) is 10.6. The first-order valence-electron chi connectivity index (χ1n) is 7.21. The molecule has 0 unspecified atom stereocenters. The second-order valence-corrected chi connectivity index (χ2v) is 6.23. The number of aliphatic imine (C=N–C) groups is 1. The van der Waals surface area contributed by atoms with Gasteiger partial charge in [0.25, 0.3) is 0 Å². The number of aromatic nitrogens is 1. The Bertz CT molecular complexity index is 638. The van der Waals surface area contributed by atoms with Crippen LogP contribution in [-0.4, -0.2) is 24.5 Å². The van der Waals surface area contributed by atoms with E-state index in [1.54, 1.807) is 30.5 Å². The van der Waals surface area contributed by atoms with E-state index in [1.807, 2.05) is 13.0 Å². The Morgan fingerprint density at radius 2 is 2.00 bits per heavy atom. The second-order valence-electron chi connectivity index (χ2n) is 4.94. The molecule has 0 aliphatic rings. The zero-order valence-corrected chi connectivity index (χ0v) is 16.7. The maximum atomic E-state index is 13.5. The zero-order valence-electron chi connectivity index (χ0n) is 13.5. The molecule has 0 saturated carbocycles. The molecule has 2 rings (SSSR count). The summed E-state index contributed by atoms with van der Waals surface area (Å²) in [5, 5.41) is 7.44. The van der Waals surface area contributed by atoms with Gasteiger partial charge in [0.15, 0.2) is 5.96 Å². The minimum atomic E-state index is -0.166. The first-order valence-corrected chi connectivity index (χ1v) is 8.02. The highest BCUT2D eigenvalue weighted by atomic mass is 127. The summed E-state index contributed by atoms with van der Waals surface area (Å²) in [6.45, 7) is 5.34. The predicted octanol–water partition coefficient (Wildman–Crippen LogP) is 3.42. The van der Waals surface area contributed by atoms with Gasteiger partial charge in [-0.3, -0.25) is 4.99 Å². The molecule has 1 aromatic carbocycles. The van der Waals surface area contributed by atoms with E-state index in [4.69, 9.17) is 0 Å². The van der Waals surface area contributed by atoms with Gasteiger partial charge in [-0.2, -0.15) is 0 Å². The van der Waals surface area contributed by atoms with Crippen molar-refractivity contribution >= 4 is 41.3 Å². The number of halogens is 2. The maximum absolute atomic E-state index is 13.5. The fraction of sp³-hybridized carbons (Fsp3) is 0.375. The van der Waals surface area contributed by atoms with Gasteiger partial charge in [-0.05, 0) is 31.9 Å². The molecule has 0 aliphatic heterocycles. The van der Waals surface area contributed by atoms with Crippen molar-refractivity contribution in [3.05, 3.63) is 51.2 Å². The van der Waals surface area contributed by atoms with E-state index in [1.165, 1.54) is 10.9 Å². The van der Waals surface area contributed by atoms with Gasteiger partial charge in [-0.25, -0.2) is 9.37 Å². The Balaban J connectivity index is 0.00000264. The van der Waals surface area contributed by atoms with Crippen LogP contribution in [0.15, 0.2) is 29.3 Å². The standard InChI is InChI=1S/C16H21FN4S.HI/c1-11-12(2)22-15(21-11)10-20-16(18-3)19-9-8-13-6-4-5-7-14(13)17;/h4-7H,8-10H2,1-3H3,(H2,18,19,20);1H. The molecular weight excluding hydrogens is 426 g/mol. The molecule has 0 amide bonds. The molecule has 1 heterocycles. The lowest BCUT2D eigenvalue weighted by molar-refractivity contribution is 0.606. The van der Waals surface area contributed by atoms with Gasteiger partial charge < -0.3 is 10.6 Å². The molecule has 0 atom stereocenters. The van der Waals surface area contributed by atoms with Crippen molar-refractivity contribution in [2.24, 2.45) is 4.99 Å². The monoisotopic (exact) mass is 448 g/mol. The largest absolute Gasteiger partial charge is 0.356 e. The van der Waals surface area contributed by atoms with Gasteiger partial charge >= 0.3 is 0 Å². The van der Waals surface area contributed by atoms with Crippen LogP contribution in [0.1, 0.15) is 21.1 Å². The van der Waals surface area contributed by atoms with Crippen LogP contribution in [0, 0.1) is 19.7 Å². The summed E-state index contributed by atoms with van der Waals surface area (Å²) in [5.41, 5.74) is 1.78. The summed E-state index contributed by atoms with van der Waals surface area (Å²) >= 11 is 1.68. The zero-order chi connectivity index (χ0) is 15.9. The van der Waals surface area contributed by atoms with E-state index in [0.717, 1.165) is 10.7 Å². The van der Waals surface area contributed by atoms with Gasteiger partial charge in [0.1, 0.15) is 10.8 Å². The van der Waals surface area contributed by atoms with Crippen LogP contribution in [0.2, 0.25) is 0 Å². The average molecular weight is 448 g/mol. The van der Waals surface area contributed by atoms with Crippen LogP contribution < -0.4 is 10.6 Å². The number of nitrogens with zero attached hydrogens (tertiary/aromatic N) is 2. The molecule has 0 aliphatic carbocycles. The van der Waals surface area contributed by atoms with E-state index in [9.17, 15) is 4.39 Å². The third-order valence-corrected chi connectivity index (χ3v) is 4.42. The molecule has 0 bridgehead atoms. The summed E-state index contributed by atoms with van der Waals surface area (Å²) in [6, 6.07) is 6.83. The van der Waals surface area contributed by atoms with Crippen molar-refractivity contribution in [3.8, 4) is 0 Å². The Kier molecular flexibility index (Phi) is 8.46. The molecule has 0 fully saturated rings. The van der Waals surface area contributed by atoms with Gasteiger partial charge in [0, 0.05) is 18.5 Å². The van der Waals surface area contributed by atoms with Crippen LogP contribution in [-0.2, 0) is 13.0 Å². The lowest BCUT2D eigenvalue weighted by atomic mass is 10.1. The lowest BCUT2D eigenvalue weighted by Gasteiger charge is -2.11.